The van der Waals surface area contributed by atoms with Crippen molar-refractivity contribution in [3.8, 4) is 0 Å². The van der Waals surface area contributed by atoms with Gasteiger partial charge >= 0.3 is 12.0 Å². The van der Waals surface area contributed by atoms with Gasteiger partial charge < -0.3 is 26.0 Å². The van der Waals surface area contributed by atoms with Crippen LogP contribution in [-0.2, 0) is 17.9 Å². The van der Waals surface area contributed by atoms with Crippen LogP contribution in [0.4, 0.5) is 10.5 Å². The lowest BCUT2D eigenvalue weighted by molar-refractivity contribution is -0.137. The van der Waals surface area contributed by atoms with Gasteiger partial charge in [0.2, 0.25) is 0 Å². The number of amides is 2. The lowest BCUT2D eigenvalue weighted by Gasteiger charge is -2.18. The van der Waals surface area contributed by atoms with E-state index in [1.54, 1.807) is 36.5 Å². The lowest BCUT2D eigenvalue weighted by atomic mass is 10.0. The van der Waals surface area contributed by atoms with Crippen LogP contribution >= 0.6 is 15.9 Å². The van der Waals surface area contributed by atoms with Crippen LogP contribution in [0.15, 0.2) is 76.1 Å². The number of anilines is 1. The summed E-state index contributed by atoms with van der Waals surface area (Å²) in [6, 6.07) is 16.3. The Kier molecular flexibility index (Phi) is 7.80. The fourth-order valence-electron chi connectivity index (χ4n) is 3.20. The first-order valence-corrected chi connectivity index (χ1v) is 10.7. The minimum absolute atomic E-state index is 0.0876. The monoisotopic (exact) mass is 498 g/mol. The number of carboxylic acid groups (broad SMARTS) is 1. The molecule has 0 fully saturated rings. The number of halogens is 1. The molecule has 3 aromatic rings. The Bertz CT molecular complexity index is 1160. The van der Waals surface area contributed by atoms with E-state index in [4.69, 9.17) is 5.73 Å². The number of nitrogens with two attached hydrogens (primary N) is 1. The second-order valence-corrected chi connectivity index (χ2v) is 8.00. The third kappa shape index (κ3) is 6.05. The Balaban J connectivity index is 1.75. The molecule has 1 unspecified atom stereocenters. The molecule has 8 nitrogen and oxygen atoms in total. The van der Waals surface area contributed by atoms with Crippen molar-refractivity contribution in [2.45, 2.75) is 25.6 Å². The summed E-state index contributed by atoms with van der Waals surface area (Å²) < 4.78 is 2.36. The molecule has 0 spiro atoms. The zero-order chi connectivity index (χ0) is 23.1. The Morgan fingerprint density at radius 2 is 1.78 bits per heavy atom. The number of carbonyl (C=O) groups excluding carboxylic acids is 1. The zero-order valence-electron chi connectivity index (χ0n) is 17.1. The van der Waals surface area contributed by atoms with E-state index in [2.05, 4.69) is 26.6 Å². The van der Waals surface area contributed by atoms with Crippen LogP contribution < -0.4 is 21.9 Å². The molecule has 1 aromatic heterocycles. The molecular formula is C23H23BrN4O4. The van der Waals surface area contributed by atoms with Gasteiger partial charge in [0, 0.05) is 17.2 Å². The topological polar surface area (TPSA) is 126 Å². The van der Waals surface area contributed by atoms with E-state index in [-0.39, 0.29) is 17.7 Å². The molecule has 2 aromatic carbocycles. The SMILES string of the molecule is NCc1ccc(C(CC(=O)O)NC(=O)Nc2cccn(Cc3ccccc3Br)c2=O)cc1. The van der Waals surface area contributed by atoms with Crippen molar-refractivity contribution in [2.75, 3.05) is 5.32 Å². The predicted octanol–water partition coefficient (Wildman–Crippen LogP) is 3.46. The van der Waals surface area contributed by atoms with Gasteiger partial charge in [-0.3, -0.25) is 9.59 Å². The average Bonchev–Trinajstić information content (AvgIpc) is 2.77. The van der Waals surface area contributed by atoms with Crippen LogP contribution in [0.3, 0.4) is 0 Å². The van der Waals surface area contributed by atoms with Crippen molar-refractivity contribution in [1.82, 2.24) is 9.88 Å². The van der Waals surface area contributed by atoms with Crippen LogP contribution in [0.2, 0.25) is 0 Å². The molecule has 0 aliphatic carbocycles. The van der Waals surface area contributed by atoms with Crippen LogP contribution in [0.25, 0.3) is 0 Å². The average molecular weight is 499 g/mol. The maximum Gasteiger partial charge on any atom is 0.319 e. The molecule has 0 saturated carbocycles. The van der Waals surface area contributed by atoms with Crippen molar-refractivity contribution in [2.24, 2.45) is 5.73 Å². The van der Waals surface area contributed by atoms with Gasteiger partial charge in [-0.05, 0) is 34.9 Å². The highest BCUT2D eigenvalue weighted by molar-refractivity contribution is 9.10. The molecule has 1 atom stereocenters. The summed E-state index contributed by atoms with van der Waals surface area (Å²) in [7, 11) is 0. The van der Waals surface area contributed by atoms with Gasteiger partial charge in [0.1, 0.15) is 5.69 Å². The smallest absolute Gasteiger partial charge is 0.319 e. The van der Waals surface area contributed by atoms with Crippen molar-refractivity contribution >= 4 is 33.6 Å². The third-order valence-electron chi connectivity index (χ3n) is 4.87. The summed E-state index contributed by atoms with van der Waals surface area (Å²) in [6.07, 6.45) is 1.33. The van der Waals surface area contributed by atoms with Crippen LogP contribution in [-0.4, -0.2) is 21.7 Å². The van der Waals surface area contributed by atoms with E-state index in [0.29, 0.717) is 18.7 Å². The minimum atomic E-state index is -1.06. The molecule has 0 aliphatic rings. The number of urea groups is 1. The van der Waals surface area contributed by atoms with E-state index >= 15 is 0 Å². The van der Waals surface area contributed by atoms with Crippen molar-refractivity contribution in [1.29, 1.82) is 0 Å². The summed E-state index contributed by atoms with van der Waals surface area (Å²) in [6.45, 7) is 0.685. The first-order valence-electron chi connectivity index (χ1n) is 9.88. The van der Waals surface area contributed by atoms with E-state index in [0.717, 1.165) is 15.6 Å². The number of aliphatic carboxylic acids is 1. The van der Waals surface area contributed by atoms with Gasteiger partial charge in [-0.1, -0.05) is 58.4 Å². The molecule has 1 heterocycles. The van der Waals surface area contributed by atoms with Gasteiger partial charge in [0.05, 0.1) is 19.0 Å². The maximum absolute atomic E-state index is 12.8. The molecule has 32 heavy (non-hydrogen) atoms. The van der Waals surface area contributed by atoms with Crippen molar-refractivity contribution < 1.29 is 14.7 Å². The number of aromatic nitrogens is 1. The summed E-state index contributed by atoms with van der Waals surface area (Å²) >= 11 is 3.46. The highest BCUT2D eigenvalue weighted by Crippen LogP contribution is 2.19. The fourth-order valence-corrected chi connectivity index (χ4v) is 3.61. The molecular weight excluding hydrogens is 476 g/mol. The van der Waals surface area contributed by atoms with Crippen LogP contribution in [0, 0.1) is 0 Å². The molecule has 0 aliphatic heterocycles. The van der Waals surface area contributed by atoms with E-state index in [1.807, 2.05) is 24.3 Å². The number of hydrogen-bond donors (Lipinski definition) is 4. The van der Waals surface area contributed by atoms with Crippen LogP contribution in [0.1, 0.15) is 29.2 Å². The molecule has 0 radical (unpaired) electrons. The molecule has 2 amide bonds. The number of nitrogens with zero attached hydrogens (tertiary/aromatic N) is 1. The second-order valence-electron chi connectivity index (χ2n) is 7.14. The van der Waals surface area contributed by atoms with Gasteiger partial charge in [-0.25, -0.2) is 4.79 Å². The molecule has 166 valence electrons. The third-order valence-corrected chi connectivity index (χ3v) is 5.64. The molecule has 5 N–H and O–H groups in total. The van der Waals surface area contributed by atoms with Crippen molar-refractivity contribution in [3.63, 3.8) is 0 Å². The molecule has 0 bridgehead atoms. The van der Waals surface area contributed by atoms with Gasteiger partial charge in [0.15, 0.2) is 0 Å². The normalized spacial score (nSPS) is 11.6. The summed E-state index contributed by atoms with van der Waals surface area (Å²) in [4.78, 5) is 36.7. The highest BCUT2D eigenvalue weighted by Gasteiger charge is 2.19. The molecule has 0 saturated heterocycles. The molecule has 3 rings (SSSR count). The maximum atomic E-state index is 12.8. The van der Waals surface area contributed by atoms with E-state index in [1.165, 1.54) is 10.6 Å². The first-order chi connectivity index (χ1) is 15.4. The Hall–Kier alpha value is -3.43. The second kappa shape index (κ2) is 10.7. The summed E-state index contributed by atoms with van der Waals surface area (Å²) in [5.74, 6) is -1.06. The number of hydrogen-bond acceptors (Lipinski definition) is 4. The minimum Gasteiger partial charge on any atom is -0.481 e. The van der Waals surface area contributed by atoms with E-state index < -0.39 is 18.0 Å². The standard InChI is InChI=1S/C23H23BrN4O4/c24-18-5-2-1-4-17(18)14-28-11-3-6-19(22(28)31)26-23(32)27-20(12-21(29)30)16-9-7-15(13-25)8-10-16/h1-11,20H,12-14,25H2,(H,29,30)(H2,26,27,32). The Morgan fingerprint density at radius 1 is 1.06 bits per heavy atom. The Morgan fingerprint density at radius 3 is 2.44 bits per heavy atom. The zero-order valence-corrected chi connectivity index (χ0v) is 18.7. The summed E-state index contributed by atoms with van der Waals surface area (Å²) in [5.41, 5.74) is 7.74. The van der Waals surface area contributed by atoms with Gasteiger partial charge in [0.25, 0.3) is 5.56 Å². The number of nitrogens with one attached hydrogen (secondary N) is 2. The Labute approximate surface area is 193 Å². The van der Waals surface area contributed by atoms with Gasteiger partial charge in [-0.2, -0.15) is 0 Å². The van der Waals surface area contributed by atoms with E-state index in [9.17, 15) is 19.5 Å². The number of rotatable bonds is 8. The van der Waals surface area contributed by atoms with Crippen molar-refractivity contribution in [3.05, 3.63) is 98.4 Å². The van der Waals surface area contributed by atoms with Gasteiger partial charge in [-0.15, -0.1) is 0 Å². The van der Waals surface area contributed by atoms with Crippen LogP contribution in [0.5, 0.6) is 0 Å². The predicted molar refractivity (Wildman–Crippen MR) is 125 cm³/mol. The lowest BCUT2D eigenvalue weighted by Crippen LogP contribution is -2.36. The fraction of sp³-hybridized carbons (Fsp3) is 0.174. The number of carbonyl (C=O) groups is 2. The largest absolute Gasteiger partial charge is 0.481 e. The first kappa shape index (κ1) is 23.2. The molecule has 9 heteroatoms. The summed E-state index contributed by atoms with van der Waals surface area (Å²) in [5, 5.41) is 14.4. The number of pyridine rings is 1. The quantitative estimate of drug-likeness (QED) is 0.378. The highest BCUT2D eigenvalue weighted by atomic mass is 79.9. The number of benzene rings is 2. The number of carboxylic acids is 1.